The number of rotatable bonds is 19. The van der Waals surface area contributed by atoms with Crippen LogP contribution in [0.15, 0.2) is 42.5 Å². The molecule has 0 aliphatic carbocycles. The van der Waals surface area contributed by atoms with Gasteiger partial charge in [-0.15, -0.1) is 0 Å². The van der Waals surface area contributed by atoms with Gasteiger partial charge in [0.2, 0.25) is 0 Å². The van der Waals surface area contributed by atoms with Crippen LogP contribution >= 0.6 is 0 Å². The van der Waals surface area contributed by atoms with Crippen molar-refractivity contribution in [2.45, 2.75) is 142 Å². The number of carbonyl (C=O) groups excluding carboxylic acids is 1. The number of nitrogens with two attached hydrogens (primary N) is 1. The third-order valence-corrected chi connectivity index (χ3v) is 6.99. The van der Waals surface area contributed by atoms with E-state index in [0.29, 0.717) is 12.3 Å². The predicted molar refractivity (Wildman–Crippen MR) is 153 cm³/mol. The minimum atomic E-state index is -1.59. The lowest BCUT2D eigenvalue weighted by atomic mass is 9.84. The summed E-state index contributed by atoms with van der Waals surface area (Å²) in [5.74, 6) is -0.917. The van der Waals surface area contributed by atoms with E-state index < -0.39 is 23.2 Å². The van der Waals surface area contributed by atoms with Gasteiger partial charge in [0, 0.05) is 0 Å². The van der Waals surface area contributed by atoms with Crippen molar-refractivity contribution in [1.29, 1.82) is 0 Å². The molecule has 4 nitrogen and oxygen atoms in total. The van der Waals surface area contributed by atoms with Crippen molar-refractivity contribution >= 4 is 5.97 Å². The lowest BCUT2D eigenvalue weighted by Gasteiger charge is -2.32. The van der Waals surface area contributed by atoms with E-state index in [9.17, 15) is 9.90 Å². The maximum Gasteiger partial charge on any atom is 0.313 e. The highest BCUT2D eigenvalue weighted by Gasteiger charge is 2.37. The number of esters is 1. The molecule has 0 saturated heterocycles. The average molecular weight is 502 g/mol. The summed E-state index contributed by atoms with van der Waals surface area (Å²) >= 11 is 0. The van der Waals surface area contributed by atoms with E-state index in [1.54, 1.807) is 6.92 Å². The van der Waals surface area contributed by atoms with Gasteiger partial charge in [-0.3, -0.25) is 4.79 Å². The quantitative estimate of drug-likeness (QED) is 0.0863. The van der Waals surface area contributed by atoms with E-state index >= 15 is 0 Å². The Balaban J connectivity index is 2.43. The lowest BCUT2D eigenvalue weighted by Crippen LogP contribution is -2.50. The molecule has 0 amide bonds. The van der Waals surface area contributed by atoms with Crippen molar-refractivity contribution in [2.75, 3.05) is 0 Å². The van der Waals surface area contributed by atoms with Gasteiger partial charge >= 0.3 is 5.97 Å². The second kappa shape index (κ2) is 17.7. The lowest BCUT2D eigenvalue weighted by molar-refractivity contribution is -0.169. The average Bonchev–Trinajstić information content (AvgIpc) is 2.82. The van der Waals surface area contributed by atoms with Crippen LogP contribution in [0.4, 0.5) is 0 Å². The summed E-state index contributed by atoms with van der Waals surface area (Å²) in [5, 5.41) is 10.9. The van der Waals surface area contributed by atoms with Gasteiger partial charge < -0.3 is 15.6 Å². The topological polar surface area (TPSA) is 72.5 Å². The highest BCUT2D eigenvalue weighted by atomic mass is 16.6. The molecule has 0 aromatic heterocycles. The number of ether oxygens (including phenoxy) is 1. The zero-order valence-corrected chi connectivity index (χ0v) is 23.9. The first kappa shape index (κ1) is 32.4. The van der Waals surface area contributed by atoms with Crippen LogP contribution in [0, 0.1) is 5.92 Å². The Morgan fingerprint density at radius 3 is 2.06 bits per heavy atom. The Kier molecular flexibility index (Phi) is 16.0. The zero-order valence-electron chi connectivity index (χ0n) is 23.9. The zero-order chi connectivity index (χ0) is 26.9. The van der Waals surface area contributed by atoms with Crippen molar-refractivity contribution < 1.29 is 14.6 Å². The molecule has 4 heteroatoms. The molecule has 3 atom stereocenters. The highest BCUT2D eigenvalue weighted by Crippen LogP contribution is 2.31. The monoisotopic (exact) mass is 501 g/mol. The number of hydrogen-bond acceptors (Lipinski definition) is 4. The molecule has 3 N–H and O–H groups in total. The maximum absolute atomic E-state index is 12.5. The van der Waals surface area contributed by atoms with Crippen LogP contribution in [-0.4, -0.2) is 22.4 Å². The Morgan fingerprint density at radius 1 is 0.917 bits per heavy atom. The van der Waals surface area contributed by atoms with Gasteiger partial charge in [0.05, 0.1) is 5.92 Å². The molecule has 0 radical (unpaired) electrons. The number of carbonyl (C=O) groups is 1. The Hall–Kier alpha value is -1.65. The second-order valence-corrected chi connectivity index (χ2v) is 11.6. The molecule has 206 valence electrons. The highest BCUT2D eigenvalue weighted by molar-refractivity contribution is 5.73. The number of benzene rings is 1. The van der Waals surface area contributed by atoms with Crippen molar-refractivity contribution in [3.05, 3.63) is 48.0 Å². The van der Waals surface area contributed by atoms with Crippen molar-refractivity contribution in [2.24, 2.45) is 11.7 Å². The molecule has 0 saturated carbocycles. The van der Waals surface area contributed by atoms with E-state index in [1.807, 2.05) is 26.8 Å². The molecule has 1 rings (SSSR count). The first-order chi connectivity index (χ1) is 17.1. The number of hydrogen-bond donors (Lipinski definition) is 2. The molecule has 0 aliphatic rings. The first-order valence-corrected chi connectivity index (χ1v) is 14.5. The summed E-state index contributed by atoms with van der Waals surface area (Å²) in [5.41, 5.74) is 5.32. The Labute approximate surface area is 222 Å². The van der Waals surface area contributed by atoms with E-state index in [-0.39, 0.29) is 0 Å². The van der Waals surface area contributed by atoms with E-state index in [2.05, 4.69) is 43.3 Å². The molecule has 3 unspecified atom stereocenters. The van der Waals surface area contributed by atoms with Gasteiger partial charge in [-0.1, -0.05) is 94.4 Å². The molecule has 0 heterocycles. The molecule has 0 spiro atoms. The summed E-state index contributed by atoms with van der Waals surface area (Å²) in [4.78, 5) is 12.5. The fraction of sp³-hybridized carbons (Fsp3) is 0.719. The van der Waals surface area contributed by atoms with Crippen LogP contribution < -0.4 is 5.73 Å². The summed E-state index contributed by atoms with van der Waals surface area (Å²) in [6.45, 7) is 9.39. The van der Waals surface area contributed by atoms with Gasteiger partial charge in [-0.25, -0.2) is 0 Å². The summed E-state index contributed by atoms with van der Waals surface area (Å²) in [6, 6.07) is 10.5. The van der Waals surface area contributed by atoms with Gasteiger partial charge in [0.15, 0.2) is 0 Å². The van der Waals surface area contributed by atoms with E-state index in [1.165, 1.54) is 63.4 Å². The standard InChI is InChI=1S/C32H55NO3/c1-6-7-8-9-10-11-12-13-14-15-16-17-19-24-29(28-22-20-18-21-23-28)25-26-32(33,35)27(2)30(34)36-31(3,4)5/h13-14,18,20-23,27,29,35H,6-12,15-17,19,24-26,33H2,1-5H3/b14-13-. The minimum Gasteiger partial charge on any atom is -0.460 e. The molecule has 0 bridgehead atoms. The van der Waals surface area contributed by atoms with Crippen LogP contribution in [0.2, 0.25) is 0 Å². The van der Waals surface area contributed by atoms with Crippen molar-refractivity contribution in [3.8, 4) is 0 Å². The molecule has 1 aromatic carbocycles. The van der Waals surface area contributed by atoms with Gasteiger partial charge in [0.25, 0.3) is 0 Å². The molecule has 1 aromatic rings. The fourth-order valence-electron chi connectivity index (χ4n) is 4.53. The normalized spacial score (nSPS) is 15.5. The third kappa shape index (κ3) is 14.8. The molecular formula is C32H55NO3. The molecule has 36 heavy (non-hydrogen) atoms. The largest absolute Gasteiger partial charge is 0.460 e. The summed E-state index contributed by atoms with van der Waals surface area (Å²) < 4.78 is 5.45. The van der Waals surface area contributed by atoms with Crippen LogP contribution in [-0.2, 0) is 9.53 Å². The van der Waals surface area contributed by atoms with Crippen LogP contribution in [0.3, 0.4) is 0 Å². The van der Waals surface area contributed by atoms with Crippen LogP contribution in [0.5, 0.6) is 0 Å². The fourth-order valence-corrected chi connectivity index (χ4v) is 4.53. The summed E-state index contributed by atoms with van der Waals surface area (Å²) in [7, 11) is 0. The maximum atomic E-state index is 12.5. The third-order valence-electron chi connectivity index (χ3n) is 6.99. The SMILES string of the molecule is CCCCCCCC/C=C\CCCCCC(CCC(N)(O)C(C)C(=O)OC(C)(C)C)c1ccccc1. The van der Waals surface area contributed by atoms with Crippen LogP contribution in [0.25, 0.3) is 0 Å². The van der Waals surface area contributed by atoms with E-state index in [4.69, 9.17) is 10.5 Å². The number of aliphatic hydroxyl groups is 1. The Morgan fingerprint density at radius 2 is 1.47 bits per heavy atom. The number of unbranched alkanes of at least 4 members (excludes halogenated alkanes) is 9. The first-order valence-electron chi connectivity index (χ1n) is 14.5. The predicted octanol–water partition coefficient (Wildman–Crippen LogP) is 8.43. The number of allylic oxidation sites excluding steroid dienone is 2. The summed E-state index contributed by atoms with van der Waals surface area (Å²) in [6.07, 6.45) is 20.9. The van der Waals surface area contributed by atoms with Gasteiger partial charge in [-0.05, 0) is 84.1 Å². The van der Waals surface area contributed by atoms with E-state index in [0.717, 1.165) is 25.7 Å². The molecule has 0 fully saturated rings. The van der Waals surface area contributed by atoms with Crippen molar-refractivity contribution in [3.63, 3.8) is 0 Å². The smallest absolute Gasteiger partial charge is 0.313 e. The molecule has 0 aliphatic heterocycles. The minimum absolute atomic E-state index is 0.315. The molecular weight excluding hydrogens is 446 g/mol. The van der Waals surface area contributed by atoms with Crippen molar-refractivity contribution in [1.82, 2.24) is 0 Å². The van der Waals surface area contributed by atoms with Gasteiger partial charge in [-0.2, -0.15) is 0 Å². The van der Waals surface area contributed by atoms with Crippen LogP contribution in [0.1, 0.15) is 136 Å². The van der Waals surface area contributed by atoms with Gasteiger partial charge in [0.1, 0.15) is 11.3 Å². The Bertz CT molecular complexity index is 721. The second-order valence-electron chi connectivity index (χ2n) is 11.6.